The van der Waals surface area contributed by atoms with Crippen LogP contribution in [0.2, 0.25) is 0 Å². The van der Waals surface area contributed by atoms with Crippen molar-refractivity contribution in [1.82, 2.24) is 9.88 Å². The number of carbonyl (C=O) groups excluding carboxylic acids is 1. The Labute approximate surface area is 205 Å². The molecular formula is C24H32ClN3O2S2. The van der Waals surface area contributed by atoms with Crippen LogP contribution in [0.5, 0.6) is 5.75 Å². The van der Waals surface area contributed by atoms with Crippen LogP contribution in [0.15, 0.2) is 41.3 Å². The molecule has 8 heteroatoms. The first-order chi connectivity index (χ1) is 14.9. The molecule has 0 fully saturated rings. The molecule has 3 aromatic rings. The van der Waals surface area contributed by atoms with Crippen LogP contribution in [0.3, 0.4) is 0 Å². The fraction of sp³-hybridized carbons (Fsp3) is 0.417. The summed E-state index contributed by atoms with van der Waals surface area (Å²) >= 11 is 3.29. The summed E-state index contributed by atoms with van der Waals surface area (Å²) in [6, 6.07) is 12.4. The first-order valence-electron chi connectivity index (χ1n) is 10.5. The second kappa shape index (κ2) is 12.4. The number of thiazole rings is 1. The summed E-state index contributed by atoms with van der Waals surface area (Å²) in [6.45, 7) is 5.74. The van der Waals surface area contributed by atoms with Crippen molar-refractivity contribution in [1.29, 1.82) is 0 Å². The van der Waals surface area contributed by atoms with Gasteiger partial charge in [-0.1, -0.05) is 35.1 Å². The Morgan fingerprint density at radius 1 is 1.09 bits per heavy atom. The van der Waals surface area contributed by atoms with Gasteiger partial charge in [0.15, 0.2) is 5.13 Å². The zero-order valence-corrected chi connectivity index (χ0v) is 21.8. The van der Waals surface area contributed by atoms with Gasteiger partial charge in [-0.15, -0.1) is 24.2 Å². The van der Waals surface area contributed by atoms with E-state index in [4.69, 9.17) is 9.72 Å². The molecular weight excluding hydrogens is 462 g/mol. The molecule has 0 spiro atoms. The summed E-state index contributed by atoms with van der Waals surface area (Å²) in [5.41, 5.74) is 3.23. The molecule has 0 unspecified atom stereocenters. The Bertz CT molecular complexity index is 1020. The number of amides is 1. The lowest BCUT2D eigenvalue weighted by Gasteiger charge is -2.21. The molecule has 1 amide bonds. The minimum absolute atomic E-state index is 0. The number of carbonyl (C=O) groups is 1. The number of fused-ring (bicyclic) bond motifs is 1. The molecule has 5 nitrogen and oxygen atoms in total. The summed E-state index contributed by atoms with van der Waals surface area (Å²) in [4.78, 5) is 23.2. The molecule has 1 aromatic heterocycles. The van der Waals surface area contributed by atoms with Gasteiger partial charge in [0.05, 0.1) is 11.8 Å². The highest BCUT2D eigenvalue weighted by atomic mass is 35.5. The van der Waals surface area contributed by atoms with Gasteiger partial charge in [-0.25, -0.2) is 4.98 Å². The van der Waals surface area contributed by atoms with E-state index in [0.29, 0.717) is 13.0 Å². The maximum atomic E-state index is 13.2. The molecule has 0 aliphatic heterocycles. The average molecular weight is 494 g/mol. The van der Waals surface area contributed by atoms with Crippen molar-refractivity contribution in [2.24, 2.45) is 0 Å². The number of aromatic nitrogens is 1. The van der Waals surface area contributed by atoms with Gasteiger partial charge in [0, 0.05) is 23.6 Å². The van der Waals surface area contributed by atoms with E-state index in [9.17, 15) is 4.79 Å². The quantitative estimate of drug-likeness (QED) is 0.333. The van der Waals surface area contributed by atoms with Gasteiger partial charge in [0.1, 0.15) is 11.3 Å². The number of benzene rings is 2. The number of hydrogen-bond donors (Lipinski definition) is 0. The number of aryl methyl sites for hydroxylation is 2. The molecule has 32 heavy (non-hydrogen) atoms. The number of thioether (sulfide) groups is 1. The van der Waals surface area contributed by atoms with Crippen LogP contribution in [-0.4, -0.2) is 55.8 Å². The van der Waals surface area contributed by atoms with E-state index in [1.54, 1.807) is 30.2 Å². The third-order valence-corrected chi connectivity index (χ3v) is 7.26. The van der Waals surface area contributed by atoms with E-state index in [1.165, 1.54) is 10.5 Å². The standard InChI is InChI=1S/C24H31N3O2S2.ClH/c1-17-7-10-19(11-8-17)30-16-13-21(28)27(15-6-14-26(3)4)24-25-22-20(29-5)12-9-18(2)23(22)31-24;/h7-12H,6,13-16H2,1-5H3;1H. The van der Waals surface area contributed by atoms with Crippen molar-refractivity contribution in [3.63, 3.8) is 0 Å². The third-order valence-electron chi connectivity index (χ3n) is 5.04. The van der Waals surface area contributed by atoms with Gasteiger partial charge in [-0.05, 0) is 64.7 Å². The van der Waals surface area contributed by atoms with Crippen LogP contribution in [-0.2, 0) is 4.79 Å². The number of methoxy groups -OCH3 is 1. The Kier molecular flexibility index (Phi) is 10.3. The highest BCUT2D eigenvalue weighted by Crippen LogP contribution is 2.36. The fourth-order valence-electron chi connectivity index (χ4n) is 3.28. The first-order valence-corrected chi connectivity index (χ1v) is 12.3. The van der Waals surface area contributed by atoms with Gasteiger partial charge in [-0.2, -0.15) is 0 Å². The van der Waals surface area contributed by atoms with Crippen molar-refractivity contribution in [3.8, 4) is 5.75 Å². The highest BCUT2D eigenvalue weighted by molar-refractivity contribution is 7.99. The summed E-state index contributed by atoms with van der Waals surface area (Å²) in [5, 5.41) is 0.756. The molecule has 2 aromatic carbocycles. The predicted molar refractivity (Wildman–Crippen MR) is 140 cm³/mol. The van der Waals surface area contributed by atoms with Gasteiger partial charge in [-0.3, -0.25) is 9.69 Å². The van der Waals surface area contributed by atoms with Crippen LogP contribution in [0.25, 0.3) is 10.2 Å². The second-order valence-electron chi connectivity index (χ2n) is 7.87. The fourth-order valence-corrected chi connectivity index (χ4v) is 5.21. The molecule has 0 N–H and O–H groups in total. The number of ether oxygens (including phenoxy) is 1. The van der Waals surface area contributed by atoms with E-state index < -0.39 is 0 Å². The molecule has 0 atom stereocenters. The molecule has 0 radical (unpaired) electrons. The minimum Gasteiger partial charge on any atom is -0.494 e. The summed E-state index contributed by atoms with van der Waals surface area (Å²) in [7, 11) is 5.76. The number of anilines is 1. The monoisotopic (exact) mass is 493 g/mol. The maximum Gasteiger partial charge on any atom is 0.229 e. The molecule has 3 rings (SSSR count). The van der Waals surface area contributed by atoms with E-state index in [1.807, 2.05) is 17.0 Å². The van der Waals surface area contributed by atoms with Crippen LogP contribution in [0, 0.1) is 13.8 Å². The number of nitrogens with zero attached hydrogens (tertiary/aromatic N) is 3. The highest BCUT2D eigenvalue weighted by Gasteiger charge is 2.21. The Morgan fingerprint density at radius 3 is 2.47 bits per heavy atom. The predicted octanol–water partition coefficient (Wildman–Crippen LogP) is 5.81. The molecule has 0 saturated heterocycles. The summed E-state index contributed by atoms with van der Waals surface area (Å²) < 4.78 is 6.58. The van der Waals surface area contributed by atoms with Crippen LogP contribution >= 0.6 is 35.5 Å². The lowest BCUT2D eigenvalue weighted by atomic mass is 10.2. The average Bonchev–Trinajstić information content (AvgIpc) is 3.18. The van der Waals surface area contributed by atoms with E-state index in [0.717, 1.165) is 45.4 Å². The third kappa shape index (κ3) is 6.85. The van der Waals surface area contributed by atoms with Gasteiger partial charge < -0.3 is 9.64 Å². The van der Waals surface area contributed by atoms with Crippen LogP contribution in [0.4, 0.5) is 5.13 Å². The minimum atomic E-state index is 0. The molecule has 0 aliphatic rings. The lowest BCUT2D eigenvalue weighted by molar-refractivity contribution is -0.118. The maximum absolute atomic E-state index is 13.2. The Hall–Kier alpha value is -1.80. The smallest absolute Gasteiger partial charge is 0.229 e. The van der Waals surface area contributed by atoms with Crippen molar-refractivity contribution in [2.75, 3.05) is 44.9 Å². The molecule has 1 heterocycles. The normalized spacial score (nSPS) is 10.9. The van der Waals surface area contributed by atoms with Crippen molar-refractivity contribution < 1.29 is 9.53 Å². The Balaban J connectivity index is 0.00000363. The van der Waals surface area contributed by atoms with E-state index in [-0.39, 0.29) is 18.3 Å². The van der Waals surface area contributed by atoms with E-state index in [2.05, 4.69) is 57.1 Å². The largest absolute Gasteiger partial charge is 0.494 e. The lowest BCUT2D eigenvalue weighted by Crippen LogP contribution is -2.33. The topological polar surface area (TPSA) is 45.7 Å². The Morgan fingerprint density at radius 2 is 1.81 bits per heavy atom. The van der Waals surface area contributed by atoms with Crippen molar-refractivity contribution >= 4 is 56.8 Å². The number of rotatable bonds is 10. The summed E-state index contributed by atoms with van der Waals surface area (Å²) in [6.07, 6.45) is 1.38. The zero-order valence-electron chi connectivity index (χ0n) is 19.4. The molecule has 0 aliphatic carbocycles. The molecule has 0 saturated carbocycles. The molecule has 0 bridgehead atoms. The van der Waals surface area contributed by atoms with Crippen molar-refractivity contribution in [3.05, 3.63) is 47.5 Å². The van der Waals surface area contributed by atoms with E-state index >= 15 is 0 Å². The number of halogens is 1. The zero-order chi connectivity index (χ0) is 22.4. The van der Waals surface area contributed by atoms with Gasteiger partial charge >= 0.3 is 0 Å². The van der Waals surface area contributed by atoms with Crippen LogP contribution < -0.4 is 9.64 Å². The first kappa shape index (κ1) is 26.5. The number of hydrogen-bond acceptors (Lipinski definition) is 6. The van der Waals surface area contributed by atoms with Gasteiger partial charge in [0.2, 0.25) is 5.91 Å². The van der Waals surface area contributed by atoms with Crippen LogP contribution in [0.1, 0.15) is 24.0 Å². The SMILES string of the molecule is COc1ccc(C)c2sc(N(CCCN(C)C)C(=O)CCSc3ccc(C)cc3)nc12.Cl. The summed E-state index contributed by atoms with van der Waals surface area (Å²) in [5.74, 6) is 1.62. The molecule has 174 valence electrons. The second-order valence-corrected chi connectivity index (χ2v) is 10.0. The van der Waals surface area contributed by atoms with Gasteiger partial charge in [0.25, 0.3) is 0 Å². The van der Waals surface area contributed by atoms with Crippen molar-refractivity contribution in [2.45, 2.75) is 31.6 Å².